The van der Waals surface area contributed by atoms with E-state index in [0.717, 1.165) is 27.7 Å². The highest BCUT2D eigenvalue weighted by molar-refractivity contribution is 5.95. The molecule has 0 saturated heterocycles. The third-order valence-corrected chi connectivity index (χ3v) is 3.44. The molecule has 0 radical (unpaired) electrons. The Hall–Kier alpha value is -2.75. The molecule has 3 rings (SSSR count). The summed E-state index contributed by atoms with van der Waals surface area (Å²) in [4.78, 5) is 18.5. The van der Waals surface area contributed by atoms with Crippen molar-refractivity contribution in [3.8, 4) is 0 Å². The number of hydrogen-bond acceptors (Lipinski definition) is 2. The maximum absolute atomic E-state index is 12.9. The number of pyridine rings is 1. The Morgan fingerprint density at radius 2 is 2.05 bits per heavy atom. The van der Waals surface area contributed by atoms with Gasteiger partial charge >= 0.3 is 0 Å². The molecule has 3 aromatic rings. The monoisotopic (exact) mass is 294 g/mol. The summed E-state index contributed by atoms with van der Waals surface area (Å²) in [6, 6.07) is 8.50. The summed E-state index contributed by atoms with van der Waals surface area (Å²) in [6.45, 7) is 1.52. The Morgan fingerprint density at radius 3 is 2.77 bits per heavy atom. The van der Waals surface area contributed by atoms with Crippen molar-refractivity contribution in [1.82, 2.24) is 9.97 Å². The lowest BCUT2D eigenvalue weighted by atomic mass is 10.0. The zero-order chi connectivity index (χ0) is 15.5. The number of rotatable bonds is 4. The molecule has 110 valence electrons. The van der Waals surface area contributed by atoms with Crippen LogP contribution in [0, 0.1) is 5.82 Å². The van der Waals surface area contributed by atoms with Gasteiger partial charge in [-0.15, -0.1) is 0 Å². The minimum atomic E-state index is -0.236. The van der Waals surface area contributed by atoms with Crippen LogP contribution in [0.15, 0.2) is 48.8 Å². The van der Waals surface area contributed by atoms with Crippen molar-refractivity contribution in [2.24, 2.45) is 0 Å². The third-order valence-electron chi connectivity index (χ3n) is 3.44. The fourth-order valence-corrected chi connectivity index (χ4v) is 2.35. The first kappa shape index (κ1) is 14.2. The van der Waals surface area contributed by atoms with Crippen molar-refractivity contribution < 1.29 is 9.18 Å². The van der Waals surface area contributed by atoms with Gasteiger partial charge in [-0.05, 0) is 54.8 Å². The van der Waals surface area contributed by atoms with Crippen molar-refractivity contribution in [3.63, 3.8) is 0 Å². The van der Waals surface area contributed by atoms with E-state index in [9.17, 15) is 9.18 Å². The van der Waals surface area contributed by atoms with Crippen molar-refractivity contribution >= 4 is 22.9 Å². The Labute approximate surface area is 127 Å². The molecule has 1 aromatic carbocycles. The molecular weight excluding hydrogens is 279 g/mol. The first-order valence-corrected chi connectivity index (χ1v) is 7.01. The zero-order valence-corrected chi connectivity index (χ0v) is 12.1. The van der Waals surface area contributed by atoms with Crippen LogP contribution in [-0.4, -0.2) is 15.8 Å². The fraction of sp³-hybridized carbons (Fsp3) is 0.111. The second-order valence-corrected chi connectivity index (χ2v) is 5.23. The van der Waals surface area contributed by atoms with Crippen LogP contribution in [0.3, 0.4) is 0 Å². The first-order valence-electron chi connectivity index (χ1n) is 7.01. The highest BCUT2D eigenvalue weighted by atomic mass is 19.1. The Balaban J connectivity index is 1.92. The van der Waals surface area contributed by atoms with Gasteiger partial charge < -0.3 is 4.98 Å². The number of ketones is 1. The standard InChI is InChI=1S/C18H15FN2O/c1-12(22)2-5-15-11-21-18-17(15)9-14(10-20-18)8-13-3-6-16(19)7-4-13/h2-7,9-11H,8H2,1H3,(H,20,21)/b5-2+. The van der Waals surface area contributed by atoms with Gasteiger partial charge in [-0.1, -0.05) is 12.1 Å². The number of allylic oxidation sites excluding steroid dienone is 1. The van der Waals surface area contributed by atoms with E-state index >= 15 is 0 Å². The van der Waals surface area contributed by atoms with Gasteiger partial charge in [0.15, 0.2) is 5.78 Å². The van der Waals surface area contributed by atoms with Crippen molar-refractivity contribution in [2.45, 2.75) is 13.3 Å². The van der Waals surface area contributed by atoms with Crippen LogP contribution in [0.5, 0.6) is 0 Å². The lowest BCUT2D eigenvalue weighted by molar-refractivity contribution is -0.112. The molecule has 0 unspecified atom stereocenters. The summed E-state index contributed by atoms with van der Waals surface area (Å²) >= 11 is 0. The van der Waals surface area contributed by atoms with E-state index in [2.05, 4.69) is 9.97 Å². The summed E-state index contributed by atoms with van der Waals surface area (Å²) in [5.41, 5.74) is 3.78. The summed E-state index contributed by atoms with van der Waals surface area (Å²) in [5, 5.41) is 0.970. The van der Waals surface area contributed by atoms with Crippen LogP contribution >= 0.6 is 0 Å². The molecule has 1 N–H and O–H groups in total. The highest BCUT2D eigenvalue weighted by Crippen LogP contribution is 2.20. The van der Waals surface area contributed by atoms with Gasteiger partial charge in [0.25, 0.3) is 0 Å². The zero-order valence-electron chi connectivity index (χ0n) is 12.1. The van der Waals surface area contributed by atoms with Crippen LogP contribution in [0.2, 0.25) is 0 Å². The third kappa shape index (κ3) is 3.11. The maximum Gasteiger partial charge on any atom is 0.152 e. The fourth-order valence-electron chi connectivity index (χ4n) is 2.35. The molecule has 0 aliphatic heterocycles. The molecule has 0 bridgehead atoms. The molecular formula is C18H15FN2O. The molecule has 0 saturated carbocycles. The molecule has 0 fully saturated rings. The molecule has 0 atom stereocenters. The minimum Gasteiger partial charge on any atom is -0.346 e. The number of aromatic amines is 1. The Bertz CT molecular complexity index is 847. The topological polar surface area (TPSA) is 45.8 Å². The van der Waals surface area contributed by atoms with Crippen LogP contribution in [0.4, 0.5) is 4.39 Å². The number of carbonyl (C=O) groups excluding carboxylic acids is 1. The van der Waals surface area contributed by atoms with E-state index in [1.165, 1.54) is 25.1 Å². The normalized spacial score (nSPS) is 11.4. The average molecular weight is 294 g/mol. The highest BCUT2D eigenvalue weighted by Gasteiger charge is 2.05. The summed E-state index contributed by atoms with van der Waals surface area (Å²) < 4.78 is 12.9. The van der Waals surface area contributed by atoms with Crippen LogP contribution in [-0.2, 0) is 11.2 Å². The van der Waals surface area contributed by atoms with E-state index in [4.69, 9.17) is 0 Å². The molecule has 0 aliphatic carbocycles. The predicted octanol–water partition coefficient (Wildman–Crippen LogP) is 3.90. The van der Waals surface area contributed by atoms with Gasteiger partial charge in [0, 0.05) is 23.3 Å². The van der Waals surface area contributed by atoms with Gasteiger partial charge in [0.2, 0.25) is 0 Å². The number of hydrogen-bond donors (Lipinski definition) is 1. The van der Waals surface area contributed by atoms with E-state index in [0.29, 0.717) is 6.42 Å². The number of nitrogens with zero attached hydrogens (tertiary/aromatic N) is 1. The molecule has 2 aromatic heterocycles. The Kier molecular flexibility index (Phi) is 3.83. The van der Waals surface area contributed by atoms with Crippen molar-refractivity contribution in [1.29, 1.82) is 0 Å². The number of aromatic nitrogens is 2. The van der Waals surface area contributed by atoms with Crippen molar-refractivity contribution in [2.75, 3.05) is 0 Å². The number of halogens is 1. The van der Waals surface area contributed by atoms with Gasteiger partial charge in [-0.25, -0.2) is 9.37 Å². The Morgan fingerprint density at radius 1 is 1.27 bits per heavy atom. The lowest BCUT2D eigenvalue weighted by Crippen LogP contribution is -1.90. The molecule has 3 nitrogen and oxygen atoms in total. The lowest BCUT2D eigenvalue weighted by Gasteiger charge is -2.02. The predicted molar refractivity (Wildman–Crippen MR) is 85.0 cm³/mol. The second-order valence-electron chi connectivity index (χ2n) is 5.23. The summed E-state index contributed by atoms with van der Waals surface area (Å²) in [5.74, 6) is -0.232. The number of carbonyl (C=O) groups is 1. The second kappa shape index (κ2) is 5.93. The van der Waals surface area contributed by atoms with E-state index < -0.39 is 0 Å². The minimum absolute atomic E-state index is 0.00442. The average Bonchev–Trinajstić information content (AvgIpc) is 2.90. The van der Waals surface area contributed by atoms with Gasteiger partial charge in [0.05, 0.1) is 0 Å². The summed E-state index contributed by atoms with van der Waals surface area (Å²) in [7, 11) is 0. The van der Waals surface area contributed by atoms with Gasteiger partial charge in [0.1, 0.15) is 11.5 Å². The molecule has 0 amide bonds. The number of nitrogens with one attached hydrogen (secondary N) is 1. The van der Waals surface area contributed by atoms with E-state index in [1.54, 1.807) is 24.4 Å². The quantitative estimate of drug-likeness (QED) is 0.742. The molecule has 2 heterocycles. The van der Waals surface area contributed by atoms with Crippen LogP contribution in [0.1, 0.15) is 23.6 Å². The number of H-pyrrole nitrogens is 1. The SMILES string of the molecule is CC(=O)/C=C/c1c[nH]c2ncc(Cc3ccc(F)cc3)cc12. The van der Waals surface area contributed by atoms with E-state index in [-0.39, 0.29) is 11.6 Å². The largest absolute Gasteiger partial charge is 0.346 e. The number of benzene rings is 1. The van der Waals surface area contributed by atoms with Crippen LogP contribution in [0.25, 0.3) is 17.1 Å². The van der Waals surface area contributed by atoms with Gasteiger partial charge in [-0.3, -0.25) is 4.79 Å². The van der Waals surface area contributed by atoms with Crippen LogP contribution < -0.4 is 0 Å². The first-order chi connectivity index (χ1) is 10.6. The maximum atomic E-state index is 12.9. The van der Waals surface area contributed by atoms with Gasteiger partial charge in [-0.2, -0.15) is 0 Å². The smallest absolute Gasteiger partial charge is 0.152 e. The van der Waals surface area contributed by atoms with E-state index in [1.807, 2.05) is 12.3 Å². The molecule has 0 aliphatic rings. The number of fused-ring (bicyclic) bond motifs is 1. The molecule has 0 spiro atoms. The molecule has 4 heteroatoms. The summed E-state index contributed by atoms with van der Waals surface area (Å²) in [6.07, 6.45) is 7.64. The molecule has 22 heavy (non-hydrogen) atoms. The van der Waals surface area contributed by atoms with Crippen molar-refractivity contribution in [3.05, 3.63) is 71.3 Å².